The molecule has 0 rings (SSSR count). The van der Waals surface area contributed by atoms with Gasteiger partial charge in [-0.1, -0.05) is 0 Å². The van der Waals surface area contributed by atoms with Gasteiger partial charge < -0.3 is 21.1 Å². The molecule has 0 bridgehead atoms. The van der Waals surface area contributed by atoms with Crippen molar-refractivity contribution in [3.05, 3.63) is 0 Å². The quantitative estimate of drug-likeness (QED) is 0.360. The second-order valence-corrected chi connectivity index (χ2v) is 2.40. The smallest absolute Gasteiger partial charge is 0.374 e. The highest BCUT2D eigenvalue weighted by molar-refractivity contribution is 6.46. The molecule has 1 amide bonds. The fourth-order valence-electron chi connectivity index (χ4n) is 0.710. The maximum absolute atomic E-state index is 10.4. The molecule has 68 valence electrons. The molecule has 0 saturated carbocycles. The molecule has 0 spiro atoms. The number of hydrogen-bond donors (Lipinski definition) is 4. The van der Waals surface area contributed by atoms with Gasteiger partial charge >= 0.3 is 13.0 Å². The second kappa shape index (κ2) is 4.73. The normalized spacial score (nSPS) is 12.2. The highest BCUT2D eigenvalue weighted by atomic mass is 16.4. The van der Waals surface area contributed by atoms with E-state index in [1.165, 1.54) is 6.82 Å². The van der Waals surface area contributed by atoms with Crippen LogP contribution in [0.2, 0.25) is 6.82 Å². The number of carboxylic acids is 1. The number of rotatable bonds is 5. The summed E-state index contributed by atoms with van der Waals surface area (Å²) in [5, 5.41) is 19.5. The average molecular weight is 174 g/mol. The number of carboxylic acid groups (broad SMARTS) is 1. The first kappa shape index (κ1) is 10.9. The summed E-state index contributed by atoms with van der Waals surface area (Å²) in [5.41, 5.74) is 4.78. The SMILES string of the molecule is CB(O)N[C@H](CC(N)=O)C(=O)O. The fourth-order valence-corrected chi connectivity index (χ4v) is 0.710. The number of nitrogens with one attached hydrogen (secondary N) is 1. The Morgan fingerprint density at radius 2 is 2.17 bits per heavy atom. The Balaban J connectivity index is 4.04. The van der Waals surface area contributed by atoms with Gasteiger partial charge in [0.15, 0.2) is 0 Å². The first-order valence-corrected chi connectivity index (χ1v) is 3.38. The predicted octanol–water partition coefficient (Wildman–Crippen LogP) is -1.99. The van der Waals surface area contributed by atoms with Crippen LogP contribution in [-0.4, -0.2) is 35.1 Å². The summed E-state index contributed by atoms with van der Waals surface area (Å²) in [7, 11) is -0.981. The van der Waals surface area contributed by atoms with Gasteiger partial charge in [0.25, 0.3) is 0 Å². The first-order valence-electron chi connectivity index (χ1n) is 3.38. The third kappa shape index (κ3) is 4.70. The molecule has 7 heteroatoms. The summed E-state index contributed by atoms with van der Waals surface area (Å²) in [5.74, 6) is -1.94. The lowest BCUT2D eigenvalue weighted by atomic mass is 9.87. The predicted molar refractivity (Wildman–Crippen MR) is 42.2 cm³/mol. The lowest BCUT2D eigenvalue weighted by Crippen LogP contribution is -2.46. The Kier molecular flexibility index (Phi) is 4.31. The number of carbonyl (C=O) groups excluding carboxylic acids is 1. The van der Waals surface area contributed by atoms with Crippen molar-refractivity contribution in [2.45, 2.75) is 19.3 Å². The van der Waals surface area contributed by atoms with E-state index in [9.17, 15) is 9.59 Å². The number of hydrogen-bond acceptors (Lipinski definition) is 4. The van der Waals surface area contributed by atoms with E-state index in [-0.39, 0.29) is 6.42 Å². The number of aliphatic carboxylic acids is 1. The van der Waals surface area contributed by atoms with Crippen LogP contribution in [0.25, 0.3) is 0 Å². The van der Waals surface area contributed by atoms with Crippen molar-refractivity contribution < 1.29 is 19.7 Å². The van der Waals surface area contributed by atoms with Crippen LogP contribution in [0.1, 0.15) is 6.42 Å². The molecular weight excluding hydrogens is 163 g/mol. The highest BCUT2D eigenvalue weighted by Gasteiger charge is 2.21. The summed E-state index contributed by atoms with van der Waals surface area (Å²) in [6.07, 6.45) is -0.333. The molecule has 6 nitrogen and oxygen atoms in total. The van der Waals surface area contributed by atoms with Crippen LogP contribution in [0, 0.1) is 0 Å². The molecule has 1 atom stereocenters. The largest absolute Gasteiger partial charge is 0.480 e. The van der Waals surface area contributed by atoms with Gasteiger partial charge in [-0.25, -0.2) is 0 Å². The molecule has 0 aliphatic rings. The standard InChI is InChI=1S/C5H11BN2O4/c1-6(12)8-3(5(10)11)2-4(7)9/h3,8,12H,2H2,1H3,(H2,7,9)(H,10,11)/t3-/m1/s1. The second-order valence-electron chi connectivity index (χ2n) is 2.40. The Morgan fingerprint density at radius 1 is 1.67 bits per heavy atom. The van der Waals surface area contributed by atoms with E-state index in [0.29, 0.717) is 0 Å². The minimum absolute atomic E-state index is 0.333. The number of carbonyl (C=O) groups is 2. The van der Waals surface area contributed by atoms with Crippen molar-refractivity contribution in [3.63, 3.8) is 0 Å². The van der Waals surface area contributed by atoms with Gasteiger partial charge in [-0.3, -0.25) is 9.59 Å². The van der Waals surface area contributed by atoms with Gasteiger partial charge in [0.1, 0.15) is 6.04 Å². The van der Waals surface area contributed by atoms with E-state index in [4.69, 9.17) is 15.9 Å². The van der Waals surface area contributed by atoms with E-state index in [1.54, 1.807) is 0 Å². The van der Waals surface area contributed by atoms with Gasteiger partial charge in [-0.2, -0.15) is 0 Å². The lowest BCUT2D eigenvalue weighted by molar-refractivity contribution is -0.140. The Bertz CT molecular complexity index is 184. The van der Waals surface area contributed by atoms with Crippen LogP contribution in [-0.2, 0) is 9.59 Å². The van der Waals surface area contributed by atoms with Crippen LogP contribution in [0.3, 0.4) is 0 Å². The van der Waals surface area contributed by atoms with Crippen LogP contribution in [0.15, 0.2) is 0 Å². The van der Waals surface area contributed by atoms with Gasteiger partial charge in [0, 0.05) is 0 Å². The third-order valence-corrected chi connectivity index (χ3v) is 1.15. The van der Waals surface area contributed by atoms with E-state index < -0.39 is 25.0 Å². The van der Waals surface area contributed by atoms with Crippen molar-refractivity contribution in [1.29, 1.82) is 0 Å². The maximum atomic E-state index is 10.4. The monoisotopic (exact) mass is 174 g/mol. The van der Waals surface area contributed by atoms with E-state index in [2.05, 4.69) is 5.23 Å². The zero-order chi connectivity index (χ0) is 9.72. The van der Waals surface area contributed by atoms with Crippen LogP contribution in [0.5, 0.6) is 0 Å². The molecule has 5 N–H and O–H groups in total. The van der Waals surface area contributed by atoms with Crippen molar-refractivity contribution >= 4 is 18.9 Å². The fraction of sp³-hybridized carbons (Fsp3) is 0.600. The van der Waals surface area contributed by atoms with Gasteiger partial charge in [0.05, 0.1) is 6.42 Å². The Labute approximate surface area is 69.9 Å². The Hall–Kier alpha value is -1.08. The van der Waals surface area contributed by atoms with Gasteiger partial charge in [0.2, 0.25) is 5.91 Å². The van der Waals surface area contributed by atoms with E-state index in [0.717, 1.165) is 0 Å². The topological polar surface area (TPSA) is 113 Å². The third-order valence-electron chi connectivity index (χ3n) is 1.15. The van der Waals surface area contributed by atoms with Crippen LogP contribution < -0.4 is 11.0 Å². The average Bonchev–Trinajstić information content (AvgIpc) is 1.83. The maximum Gasteiger partial charge on any atom is 0.374 e. The summed E-state index contributed by atoms with van der Waals surface area (Å²) in [4.78, 5) is 20.7. The molecule has 0 aromatic carbocycles. The zero-order valence-electron chi connectivity index (χ0n) is 6.65. The zero-order valence-corrected chi connectivity index (χ0v) is 6.65. The summed E-state index contributed by atoms with van der Waals surface area (Å²) in [6.45, 7) is 1.36. The summed E-state index contributed by atoms with van der Waals surface area (Å²) < 4.78 is 0. The molecule has 0 aromatic rings. The minimum Gasteiger partial charge on any atom is -0.480 e. The molecule has 0 heterocycles. The Morgan fingerprint density at radius 3 is 2.42 bits per heavy atom. The lowest BCUT2D eigenvalue weighted by Gasteiger charge is -2.12. The highest BCUT2D eigenvalue weighted by Crippen LogP contribution is 1.91. The number of nitrogens with two attached hydrogens (primary N) is 1. The van der Waals surface area contributed by atoms with Crippen LogP contribution in [0.4, 0.5) is 0 Å². The van der Waals surface area contributed by atoms with Crippen molar-refractivity contribution in [1.82, 2.24) is 5.23 Å². The molecule has 12 heavy (non-hydrogen) atoms. The summed E-state index contributed by atoms with van der Waals surface area (Å²) >= 11 is 0. The summed E-state index contributed by atoms with van der Waals surface area (Å²) in [6, 6.07) is -1.12. The first-order chi connectivity index (χ1) is 5.43. The van der Waals surface area contributed by atoms with Gasteiger partial charge in [-0.05, 0) is 6.82 Å². The molecule has 0 aromatic heterocycles. The van der Waals surface area contributed by atoms with E-state index >= 15 is 0 Å². The molecule has 0 radical (unpaired) electrons. The van der Waals surface area contributed by atoms with E-state index in [1.807, 2.05) is 0 Å². The number of primary amides is 1. The molecule has 0 saturated heterocycles. The molecule has 0 aliphatic heterocycles. The molecule has 0 aliphatic carbocycles. The molecular formula is C5H11BN2O4. The molecule has 0 unspecified atom stereocenters. The molecule has 0 fully saturated rings. The van der Waals surface area contributed by atoms with Crippen molar-refractivity contribution in [2.75, 3.05) is 0 Å². The van der Waals surface area contributed by atoms with Crippen LogP contribution >= 0.6 is 0 Å². The van der Waals surface area contributed by atoms with Crippen molar-refractivity contribution in [2.24, 2.45) is 5.73 Å². The van der Waals surface area contributed by atoms with Gasteiger partial charge in [-0.15, -0.1) is 0 Å². The number of amides is 1. The van der Waals surface area contributed by atoms with Crippen molar-refractivity contribution in [3.8, 4) is 0 Å². The minimum atomic E-state index is -1.21.